The summed E-state index contributed by atoms with van der Waals surface area (Å²) in [6.45, 7) is 13.6. The van der Waals surface area contributed by atoms with Crippen molar-refractivity contribution in [2.75, 3.05) is 26.3 Å². The van der Waals surface area contributed by atoms with Crippen LogP contribution in [0.25, 0.3) is 0 Å². The lowest BCUT2D eigenvalue weighted by atomic mass is 9.87. The molecule has 2 aromatic rings. The van der Waals surface area contributed by atoms with Crippen molar-refractivity contribution >= 4 is 23.8 Å². The van der Waals surface area contributed by atoms with Crippen LogP contribution in [0, 0.1) is 17.8 Å². The van der Waals surface area contributed by atoms with Crippen molar-refractivity contribution in [3.8, 4) is 29.1 Å². The smallest absolute Gasteiger partial charge is 0.390 e. The number of carbonyl (C=O) groups is 4. The van der Waals surface area contributed by atoms with E-state index in [0.717, 1.165) is 96.1 Å². The van der Waals surface area contributed by atoms with Gasteiger partial charge in [-0.15, -0.1) is 0 Å². The number of nitrogens with one attached hydrogen (secondary N) is 2. The maximum atomic E-state index is 12.9. The summed E-state index contributed by atoms with van der Waals surface area (Å²) in [4.78, 5) is 48.2. The Morgan fingerprint density at radius 2 is 0.968 bits per heavy atom. The molecule has 0 spiro atoms. The molecule has 1 aliphatic carbocycles. The lowest BCUT2D eigenvalue weighted by Crippen LogP contribution is -2.29. The summed E-state index contributed by atoms with van der Waals surface area (Å²) in [5, 5.41) is 5.76. The molecule has 10 heteroatoms. The first-order chi connectivity index (χ1) is 30.1. The Morgan fingerprint density at radius 1 is 0.548 bits per heavy atom. The van der Waals surface area contributed by atoms with Gasteiger partial charge in [0.1, 0.15) is 17.2 Å². The highest BCUT2D eigenvalue weighted by Crippen LogP contribution is 2.29. The number of benzene rings is 2. The molecule has 10 nitrogen and oxygen atoms in total. The average Bonchev–Trinajstić information content (AvgIpc) is 3.27. The first-order valence-corrected chi connectivity index (χ1v) is 23.4. The van der Waals surface area contributed by atoms with Gasteiger partial charge in [0.05, 0.1) is 18.6 Å². The van der Waals surface area contributed by atoms with Crippen molar-refractivity contribution < 1.29 is 38.1 Å². The molecule has 1 aliphatic rings. The third-order valence-corrected chi connectivity index (χ3v) is 11.0. The quantitative estimate of drug-likeness (QED) is 0.0252. The van der Waals surface area contributed by atoms with Crippen LogP contribution in [-0.4, -0.2) is 56.2 Å². The van der Waals surface area contributed by atoms with Gasteiger partial charge in [0, 0.05) is 42.3 Å². The van der Waals surface area contributed by atoms with E-state index in [1.54, 1.807) is 38.1 Å². The van der Waals surface area contributed by atoms with Gasteiger partial charge < -0.3 is 29.6 Å². The lowest BCUT2D eigenvalue weighted by Gasteiger charge is -2.27. The summed E-state index contributed by atoms with van der Waals surface area (Å²) in [6, 6.07) is 13.8. The van der Waals surface area contributed by atoms with Gasteiger partial charge >= 0.3 is 11.9 Å². The fourth-order valence-corrected chi connectivity index (χ4v) is 7.21. The molecule has 340 valence electrons. The molecule has 0 bridgehead atoms. The number of ether oxygens (including phenoxy) is 4. The number of carbonyl (C=O) groups excluding carboxylic acids is 4. The lowest BCUT2D eigenvalue weighted by molar-refractivity contribution is -0.141. The molecule has 2 aromatic carbocycles. The molecule has 1 fully saturated rings. The minimum absolute atomic E-state index is 0.0495. The van der Waals surface area contributed by atoms with Gasteiger partial charge in [0.25, 0.3) is 0 Å². The Morgan fingerprint density at radius 3 is 1.45 bits per heavy atom. The van der Waals surface area contributed by atoms with Crippen LogP contribution in [0.2, 0.25) is 0 Å². The number of unbranched alkanes of at least 4 members (excludes halogenated alkanes) is 16. The van der Waals surface area contributed by atoms with Crippen molar-refractivity contribution in [1.29, 1.82) is 0 Å². The Balaban J connectivity index is 1.16. The van der Waals surface area contributed by atoms with E-state index in [1.165, 1.54) is 70.6 Å². The van der Waals surface area contributed by atoms with Gasteiger partial charge in [0.15, 0.2) is 0 Å². The summed E-state index contributed by atoms with van der Waals surface area (Å²) in [5.41, 5.74) is 1.80. The largest absolute Gasteiger partial charge is 0.494 e. The first kappa shape index (κ1) is 51.5. The van der Waals surface area contributed by atoms with Crippen LogP contribution in [0.15, 0.2) is 72.8 Å². The van der Waals surface area contributed by atoms with Gasteiger partial charge in [-0.2, -0.15) is 0 Å². The van der Waals surface area contributed by atoms with Crippen LogP contribution in [0.4, 0.5) is 0 Å². The SMILES string of the molecule is C=C(C)C(=O)NCCCCCCCCCCCOc1ccc(C#CC(=O)Oc2ccc(OC(=O)C3CCC(OCCCCCCCCCCCNC(=O)C(=C)C)CC3)cc2)cc1. The maximum Gasteiger partial charge on any atom is 0.390 e. The molecule has 1 saturated carbocycles. The summed E-state index contributed by atoms with van der Waals surface area (Å²) in [5.74, 6) is 5.69. The molecule has 3 rings (SSSR count). The highest BCUT2D eigenvalue weighted by Gasteiger charge is 2.28. The molecule has 0 aromatic heterocycles. The molecule has 0 atom stereocenters. The predicted octanol–water partition coefficient (Wildman–Crippen LogP) is 10.9. The number of hydrogen-bond acceptors (Lipinski definition) is 8. The van der Waals surface area contributed by atoms with Crippen LogP contribution < -0.4 is 24.8 Å². The van der Waals surface area contributed by atoms with Crippen molar-refractivity contribution in [3.05, 3.63) is 78.4 Å². The highest BCUT2D eigenvalue weighted by atomic mass is 16.5. The summed E-state index contributed by atoms with van der Waals surface area (Å²) in [7, 11) is 0. The number of rotatable bonds is 31. The number of esters is 2. The molecule has 2 N–H and O–H groups in total. The number of hydrogen-bond donors (Lipinski definition) is 2. The van der Waals surface area contributed by atoms with Gasteiger partial charge in [-0.1, -0.05) is 109 Å². The Kier molecular flexibility index (Phi) is 26.5. The fourth-order valence-electron chi connectivity index (χ4n) is 7.21. The van der Waals surface area contributed by atoms with E-state index >= 15 is 0 Å². The normalized spacial score (nSPS) is 14.5. The maximum absolute atomic E-state index is 12.9. The van der Waals surface area contributed by atoms with E-state index in [2.05, 4.69) is 35.6 Å². The Hall–Kier alpha value is -4.88. The first-order valence-electron chi connectivity index (χ1n) is 23.4. The van der Waals surface area contributed by atoms with Gasteiger partial charge in [-0.25, -0.2) is 4.79 Å². The summed E-state index contributed by atoms with van der Waals surface area (Å²) in [6.07, 6.45) is 24.4. The van der Waals surface area contributed by atoms with Crippen molar-refractivity contribution in [1.82, 2.24) is 10.6 Å². The van der Waals surface area contributed by atoms with Crippen LogP contribution in [0.3, 0.4) is 0 Å². The third kappa shape index (κ3) is 23.9. The van der Waals surface area contributed by atoms with E-state index in [4.69, 9.17) is 18.9 Å². The van der Waals surface area contributed by atoms with E-state index in [0.29, 0.717) is 34.8 Å². The fraction of sp³-hybridized carbons (Fsp3) is 0.577. The minimum Gasteiger partial charge on any atom is -0.494 e. The van der Waals surface area contributed by atoms with E-state index in [-0.39, 0.29) is 29.8 Å². The predicted molar refractivity (Wildman–Crippen MR) is 247 cm³/mol. The number of amides is 2. The van der Waals surface area contributed by atoms with Gasteiger partial charge in [-0.3, -0.25) is 14.4 Å². The molecular weight excluding hydrogens is 781 g/mol. The zero-order chi connectivity index (χ0) is 44.6. The second kappa shape index (κ2) is 31.9. The Labute approximate surface area is 372 Å². The second-order valence-electron chi connectivity index (χ2n) is 16.7. The molecular formula is C52H74N2O8. The van der Waals surface area contributed by atoms with E-state index in [1.807, 2.05) is 24.3 Å². The van der Waals surface area contributed by atoms with Gasteiger partial charge in [0.2, 0.25) is 11.8 Å². The molecule has 0 radical (unpaired) electrons. The zero-order valence-corrected chi connectivity index (χ0v) is 37.8. The Bertz CT molecular complexity index is 1700. The molecule has 2 amide bonds. The summed E-state index contributed by atoms with van der Waals surface area (Å²) >= 11 is 0. The highest BCUT2D eigenvalue weighted by molar-refractivity contribution is 5.92. The molecule has 0 unspecified atom stereocenters. The van der Waals surface area contributed by atoms with Crippen LogP contribution >= 0.6 is 0 Å². The summed E-state index contributed by atoms with van der Waals surface area (Å²) < 4.78 is 23.0. The molecule has 0 heterocycles. The van der Waals surface area contributed by atoms with Crippen molar-refractivity contribution in [2.24, 2.45) is 5.92 Å². The van der Waals surface area contributed by atoms with E-state index in [9.17, 15) is 19.2 Å². The van der Waals surface area contributed by atoms with Gasteiger partial charge in [-0.05, 0) is 114 Å². The van der Waals surface area contributed by atoms with Crippen LogP contribution in [0.5, 0.6) is 17.2 Å². The zero-order valence-electron chi connectivity index (χ0n) is 37.8. The minimum atomic E-state index is -0.680. The average molecular weight is 855 g/mol. The van der Waals surface area contributed by atoms with Crippen molar-refractivity contribution in [3.63, 3.8) is 0 Å². The monoisotopic (exact) mass is 855 g/mol. The van der Waals surface area contributed by atoms with E-state index < -0.39 is 5.97 Å². The molecule has 0 aliphatic heterocycles. The topological polar surface area (TPSA) is 129 Å². The molecule has 0 saturated heterocycles. The van der Waals surface area contributed by atoms with Crippen LogP contribution in [-0.2, 0) is 23.9 Å². The molecule has 62 heavy (non-hydrogen) atoms. The van der Waals surface area contributed by atoms with Crippen molar-refractivity contribution in [2.45, 2.75) is 161 Å². The standard InChI is InChI=1S/C52H74N2O8/c1-41(2)50(56)53-37-19-15-11-7-5-9-13-17-21-39-59-45-28-23-43(24-29-45)25-36-49(55)61-47-32-34-48(35-33-47)62-52(58)44-26-30-46(31-27-44)60-40-22-18-14-10-6-8-12-16-20-38-54-51(57)42(3)4/h23-24,28-29,32-35,44,46H,1,3,5-22,26-27,30-31,37-40H2,2,4H3,(H,53,56)(H,54,57). The second-order valence-corrected chi connectivity index (χ2v) is 16.7. The van der Waals surface area contributed by atoms with Crippen LogP contribution in [0.1, 0.15) is 161 Å². The third-order valence-electron chi connectivity index (χ3n) is 11.0.